The first-order valence-corrected chi connectivity index (χ1v) is 4.79. The van der Waals surface area contributed by atoms with E-state index >= 15 is 0 Å². The lowest BCUT2D eigenvalue weighted by Crippen LogP contribution is -2.38. The van der Waals surface area contributed by atoms with Gasteiger partial charge in [-0.3, -0.25) is 4.79 Å². The lowest BCUT2D eigenvalue weighted by Gasteiger charge is -2.29. The number of hydrogen-bond acceptors (Lipinski definition) is 2. The van der Waals surface area contributed by atoms with E-state index in [1.165, 1.54) is 6.08 Å². The zero-order valence-corrected chi connectivity index (χ0v) is 8.40. The first kappa shape index (κ1) is 11.3. The van der Waals surface area contributed by atoms with E-state index in [2.05, 4.69) is 18.4 Å². The SMILES string of the molecule is C=CC(=O)N1CCCC(C#CC(=O)O)C1. The molecule has 1 atom stereocenters. The molecule has 1 N–H and O–H groups in total. The summed E-state index contributed by atoms with van der Waals surface area (Å²) in [6, 6.07) is 0. The maximum absolute atomic E-state index is 11.3. The van der Waals surface area contributed by atoms with Gasteiger partial charge in [0.15, 0.2) is 0 Å². The summed E-state index contributed by atoms with van der Waals surface area (Å²) in [6.07, 6.45) is 2.98. The van der Waals surface area contributed by atoms with Crippen molar-refractivity contribution in [3.8, 4) is 11.8 Å². The maximum atomic E-state index is 11.3. The van der Waals surface area contributed by atoms with Crippen LogP contribution in [0.25, 0.3) is 0 Å². The second kappa shape index (κ2) is 5.20. The summed E-state index contributed by atoms with van der Waals surface area (Å²) in [5, 5.41) is 8.40. The second-order valence-electron chi connectivity index (χ2n) is 3.40. The fourth-order valence-corrected chi connectivity index (χ4v) is 1.59. The van der Waals surface area contributed by atoms with Crippen molar-refractivity contribution in [3.05, 3.63) is 12.7 Å². The summed E-state index contributed by atoms with van der Waals surface area (Å²) in [5.41, 5.74) is 0. The molecule has 0 bridgehead atoms. The lowest BCUT2D eigenvalue weighted by atomic mass is 9.98. The third kappa shape index (κ3) is 3.47. The number of piperidine rings is 1. The standard InChI is InChI=1S/C11H13NO3/c1-2-10(13)12-7-3-4-9(8-12)5-6-11(14)15/h2,9H,1,3-4,7-8H2,(H,14,15). The summed E-state index contributed by atoms with van der Waals surface area (Å²) in [7, 11) is 0. The Morgan fingerprint density at radius 3 is 2.87 bits per heavy atom. The molecule has 1 fully saturated rings. The van der Waals surface area contributed by atoms with Crippen molar-refractivity contribution in [1.82, 2.24) is 4.90 Å². The molecule has 0 aromatic carbocycles. The molecule has 0 aromatic rings. The first-order chi connectivity index (χ1) is 7.13. The number of carbonyl (C=O) groups is 2. The van der Waals surface area contributed by atoms with E-state index in [1.54, 1.807) is 4.90 Å². The van der Waals surface area contributed by atoms with E-state index in [-0.39, 0.29) is 11.8 Å². The van der Waals surface area contributed by atoms with Gasteiger partial charge in [-0.1, -0.05) is 12.5 Å². The van der Waals surface area contributed by atoms with E-state index in [1.807, 2.05) is 0 Å². The minimum absolute atomic E-state index is 0.0289. The summed E-state index contributed by atoms with van der Waals surface area (Å²) in [4.78, 5) is 23.2. The number of carboxylic acids is 1. The van der Waals surface area contributed by atoms with E-state index in [4.69, 9.17) is 5.11 Å². The predicted octanol–water partition coefficient (Wildman–Crippen LogP) is 0.499. The molecule has 0 spiro atoms. The number of nitrogens with zero attached hydrogens (tertiary/aromatic N) is 1. The van der Waals surface area contributed by atoms with Crippen molar-refractivity contribution in [3.63, 3.8) is 0 Å². The molecule has 4 nitrogen and oxygen atoms in total. The van der Waals surface area contributed by atoms with Gasteiger partial charge in [-0.25, -0.2) is 4.79 Å². The Bertz CT molecular complexity index is 337. The monoisotopic (exact) mass is 207 g/mol. The number of carboxylic acid groups (broad SMARTS) is 1. The van der Waals surface area contributed by atoms with Crippen LogP contribution in [0.4, 0.5) is 0 Å². The molecule has 1 unspecified atom stereocenters. The number of carbonyl (C=O) groups excluding carboxylic acids is 1. The highest BCUT2D eigenvalue weighted by molar-refractivity contribution is 5.87. The highest BCUT2D eigenvalue weighted by Gasteiger charge is 2.20. The van der Waals surface area contributed by atoms with Crippen LogP contribution in [0.3, 0.4) is 0 Å². The zero-order valence-electron chi connectivity index (χ0n) is 8.40. The van der Waals surface area contributed by atoms with Crippen LogP contribution in [0, 0.1) is 17.8 Å². The zero-order chi connectivity index (χ0) is 11.3. The summed E-state index contributed by atoms with van der Waals surface area (Å²) in [5.74, 6) is 3.48. The Morgan fingerprint density at radius 1 is 1.53 bits per heavy atom. The van der Waals surface area contributed by atoms with Crippen molar-refractivity contribution in [2.24, 2.45) is 5.92 Å². The summed E-state index contributed by atoms with van der Waals surface area (Å²) in [6.45, 7) is 4.62. The summed E-state index contributed by atoms with van der Waals surface area (Å²) >= 11 is 0. The number of likely N-dealkylation sites (tertiary alicyclic amines) is 1. The molecule has 0 aliphatic carbocycles. The van der Waals surface area contributed by atoms with E-state index < -0.39 is 5.97 Å². The molecule has 1 rings (SSSR count). The van der Waals surface area contributed by atoms with Crippen LogP contribution in [0.2, 0.25) is 0 Å². The van der Waals surface area contributed by atoms with Crippen LogP contribution < -0.4 is 0 Å². The molecular weight excluding hydrogens is 194 g/mol. The van der Waals surface area contributed by atoms with E-state index in [0.29, 0.717) is 13.1 Å². The normalized spacial score (nSPS) is 20.0. The highest BCUT2D eigenvalue weighted by Crippen LogP contribution is 2.15. The van der Waals surface area contributed by atoms with Gasteiger partial charge in [-0.15, -0.1) is 0 Å². The van der Waals surface area contributed by atoms with Crippen molar-refractivity contribution >= 4 is 11.9 Å². The smallest absolute Gasteiger partial charge is 0.381 e. The Kier molecular flexibility index (Phi) is 3.92. The van der Waals surface area contributed by atoms with Crippen molar-refractivity contribution < 1.29 is 14.7 Å². The minimum atomic E-state index is -1.12. The summed E-state index contributed by atoms with van der Waals surface area (Å²) < 4.78 is 0. The maximum Gasteiger partial charge on any atom is 0.381 e. The molecule has 0 aromatic heterocycles. The van der Waals surface area contributed by atoms with E-state index in [0.717, 1.165) is 12.8 Å². The molecule has 15 heavy (non-hydrogen) atoms. The molecule has 4 heteroatoms. The van der Waals surface area contributed by atoms with Crippen molar-refractivity contribution in [2.45, 2.75) is 12.8 Å². The minimum Gasteiger partial charge on any atom is -0.472 e. The molecule has 0 radical (unpaired) electrons. The molecule has 0 saturated carbocycles. The van der Waals surface area contributed by atoms with E-state index in [9.17, 15) is 9.59 Å². The van der Waals surface area contributed by atoms with Gasteiger partial charge in [0.2, 0.25) is 5.91 Å². The molecule has 1 saturated heterocycles. The molecule has 1 aliphatic rings. The van der Waals surface area contributed by atoms with Gasteiger partial charge in [-0.05, 0) is 18.9 Å². The quantitative estimate of drug-likeness (QED) is 0.503. The van der Waals surface area contributed by atoms with Gasteiger partial charge in [0, 0.05) is 24.9 Å². The van der Waals surface area contributed by atoms with Crippen molar-refractivity contribution in [2.75, 3.05) is 13.1 Å². The molecule has 1 heterocycles. The predicted molar refractivity (Wildman–Crippen MR) is 54.9 cm³/mol. The van der Waals surface area contributed by atoms with Crippen LogP contribution >= 0.6 is 0 Å². The fourth-order valence-electron chi connectivity index (χ4n) is 1.59. The van der Waals surface area contributed by atoms with Gasteiger partial charge in [0.05, 0.1) is 0 Å². The Labute approximate surface area is 88.6 Å². The molecule has 1 aliphatic heterocycles. The fraction of sp³-hybridized carbons (Fsp3) is 0.455. The number of amides is 1. The molecule has 80 valence electrons. The van der Waals surface area contributed by atoms with Crippen LogP contribution in [0.5, 0.6) is 0 Å². The van der Waals surface area contributed by atoms with Crippen LogP contribution in [0.15, 0.2) is 12.7 Å². The number of aliphatic carboxylic acids is 1. The van der Waals surface area contributed by atoms with Gasteiger partial charge in [0.25, 0.3) is 0 Å². The van der Waals surface area contributed by atoms with Gasteiger partial charge < -0.3 is 10.0 Å². The molecular formula is C11H13NO3. The molecule has 1 amide bonds. The largest absolute Gasteiger partial charge is 0.472 e. The Hall–Kier alpha value is -1.76. The van der Waals surface area contributed by atoms with Gasteiger partial charge >= 0.3 is 5.97 Å². The average Bonchev–Trinajstić information content (AvgIpc) is 2.25. The third-order valence-corrected chi connectivity index (χ3v) is 2.29. The Balaban J connectivity index is 2.57. The van der Waals surface area contributed by atoms with Crippen molar-refractivity contribution in [1.29, 1.82) is 0 Å². The van der Waals surface area contributed by atoms with Gasteiger partial charge in [-0.2, -0.15) is 0 Å². The van der Waals surface area contributed by atoms with Crippen LogP contribution in [-0.4, -0.2) is 35.0 Å². The van der Waals surface area contributed by atoms with Crippen LogP contribution in [-0.2, 0) is 9.59 Å². The highest BCUT2D eigenvalue weighted by atomic mass is 16.4. The number of hydrogen-bond donors (Lipinski definition) is 1. The topological polar surface area (TPSA) is 57.6 Å². The second-order valence-corrected chi connectivity index (χ2v) is 3.40. The first-order valence-electron chi connectivity index (χ1n) is 4.79. The third-order valence-electron chi connectivity index (χ3n) is 2.29. The van der Waals surface area contributed by atoms with Crippen LogP contribution in [0.1, 0.15) is 12.8 Å². The Morgan fingerprint density at radius 2 is 2.27 bits per heavy atom. The van der Waals surface area contributed by atoms with Gasteiger partial charge in [0.1, 0.15) is 0 Å². The average molecular weight is 207 g/mol. The lowest BCUT2D eigenvalue weighted by molar-refractivity contribution is -0.130. The number of rotatable bonds is 1.